The number of nitrogens with zero attached hydrogens (tertiary/aromatic N) is 3. The fourth-order valence-corrected chi connectivity index (χ4v) is 0.354. The number of Topliss-reactive ketones (excluding diaryl/α,β-unsaturated/α-hetero) is 1. The van der Waals surface area contributed by atoms with Gasteiger partial charge in [0.2, 0.25) is 5.84 Å². The zero-order valence-corrected chi connectivity index (χ0v) is 7.03. The smallest absolute Gasteiger partial charge is 0.231 e. The molecule has 12 heavy (non-hydrogen) atoms. The van der Waals surface area contributed by atoms with Crippen molar-refractivity contribution in [3.05, 3.63) is 11.8 Å². The van der Waals surface area contributed by atoms with E-state index in [4.69, 9.17) is 5.26 Å². The molecule has 0 radical (unpaired) electrons. The van der Waals surface area contributed by atoms with Gasteiger partial charge in [0.25, 0.3) is 0 Å². The molecule has 0 saturated heterocycles. The average Bonchev–Trinajstić information content (AvgIpc) is 2.05. The number of nitriles is 1. The van der Waals surface area contributed by atoms with E-state index in [-0.39, 0.29) is 11.6 Å². The third-order valence-electron chi connectivity index (χ3n) is 1.19. The maximum Gasteiger partial charge on any atom is 0.231 e. The summed E-state index contributed by atoms with van der Waals surface area (Å²) in [5, 5.41) is 8.35. The molecule has 0 spiro atoms. The van der Waals surface area contributed by atoms with Gasteiger partial charge >= 0.3 is 0 Å². The number of rotatable bonds is 2. The van der Waals surface area contributed by atoms with Crippen molar-refractivity contribution in [2.75, 3.05) is 0 Å². The molecule has 0 bridgehead atoms. The van der Waals surface area contributed by atoms with Crippen LogP contribution in [0.1, 0.15) is 13.8 Å². The van der Waals surface area contributed by atoms with Crippen molar-refractivity contribution in [3.63, 3.8) is 0 Å². The maximum absolute atomic E-state index is 10.7. The predicted octanol–water partition coefficient (Wildman–Crippen LogP) is 1.10. The van der Waals surface area contributed by atoms with Gasteiger partial charge in [-0.15, -0.1) is 0 Å². The number of amidine groups is 1. The average molecular weight is 163 g/mol. The Morgan fingerprint density at radius 2 is 2.17 bits per heavy atom. The third kappa shape index (κ3) is 3.42. The molecule has 4 nitrogen and oxygen atoms in total. The number of hydrogen-bond donors (Lipinski definition) is 0. The highest BCUT2D eigenvalue weighted by atomic mass is 16.1. The maximum atomic E-state index is 10.7. The highest BCUT2D eigenvalue weighted by molar-refractivity contribution is 6.00. The molecule has 0 rings (SSSR count). The van der Waals surface area contributed by atoms with E-state index < -0.39 is 0 Å². The van der Waals surface area contributed by atoms with Gasteiger partial charge < -0.3 is 0 Å². The largest absolute Gasteiger partial charge is 0.295 e. The van der Waals surface area contributed by atoms with Gasteiger partial charge in [0.05, 0.1) is 0 Å². The summed E-state index contributed by atoms with van der Waals surface area (Å²) in [6.45, 7) is 6.18. The van der Waals surface area contributed by atoms with Crippen LogP contribution in [0.3, 0.4) is 0 Å². The van der Waals surface area contributed by atoms with E-state index in [0.717, 1.165) is 0 Å². The summed E-state index contributed by atoms with van der Waals surface area (Å²) in [5.41, 5.74) is 0.478. The highest BCUT2D eigenvalue weighted by Crippen LogP contribution is 1.94. The summed E-state index contributed by atoms with van der Waals surface area (Å²) in [5.74, 6) is -0.129. The second-order valence-electron chi connectivity index (χ2n) is 2.09. The van der Waals surface area contributed by atoms with Crippen LogP contribution in [0.5, 0.6) is 0 Å². The number of aliphatic imine (C=N–C) groups is 2. The van der Waals surface area contributed by atoms with Crippen LogP contribution in [-0.2, 0) is 4.79 Å². The van der Waals surface area contributed by atoms with Crippen LogP contribution in [0.25, 0.3) is 0 Å². The van der Waals surface area contributed by atoms with Crippen LogP contribution in [-0.4, -0.2) is 18.3 Å². The summed E-state index contributed by atoms with van der Waals surface area (Å²) in [4.78, 5) is 17.6. The predicted molar refractivity (Wildman–Crippen MR) is 47.0 cm³/mol. The Labute approximate surface area is 70.9 Å². The van der Waals surface area contributed by atoms with Gasteiger partial charge in [-0.1, -0.05) is 0 Å². The van der Waals surface area contributed by atoms with Gasteiger partial charge in [-0.05, 0) is 20.6 Å². The summed E-state index contributed by atoms with van der Waals surface area (Å²) in [6, 6.07) is 1.71. The minimum Gasteiger partial charge on any atom is -0.295 e. The van der Waals surface area contributed by atoms with Gasteiger partial charge in [-0.3, -0.25) is 4.79 Å². The van der Waals surface area contributed by atoms with E-state index in [9.17, 15) is 4.79 Å². The van der Waals surface area contributed by atoms with E-state index in [1.807, 2.05) is 0 Å². The second kappa shape index (κ2) is 4.97. The number of carbonyl (C=O) groups is 1. The standard InChI is InChI=1S/C8H9N3O/c1-6(7(2)12)5-11-8(4-9)10-3/h5H,3H2,1-2H3/b6-5+,11-8-. The molecule has 62 valence electrons. The number of allylic oxidation sites excluding steroid dienone is 1. The lowest BCUT2D eigenvalue weighted by Crippen LogP contribution is -1.91. The lowest BCUT2D eigenvalue weighted by atomic mass is 10.2. The molecule has 0 aromatic carbocycles. The van der Waals surface area contributed by atoms with Crippen LogP contribution in [0.2, 0.25) is 0 Å². The Balaban J connectivity index is 4.59. The molecule has 0 aliphatic carbocycles. The first-order chi connectivity index (χ1) is 5.61. The van der Waals surface area contributed by atoms with Crippen molar-refractivity contribution >= 4 is 18.3 Å². The molecule has 0 amide bonds. The van der Waals surface area contributed by atoms with E-state index in [1.165, 1.54) is 13.1 Å². The minimum atomic E-state index is -0.0832. The number of hydrogen-bond acceptors (Lipinski definition) is 3. The Morgan fingerprint density at radius 1 is 1.58 bits per heavy atom. The molecule has 0 fully saturated rings. The van der Waals surface area contributed by atoms with Gasteiger partial charge in [-0.2, -0.15) is 5.26 Å². The Hall–Kier alpha value is -1.76. The molecular formula is C8H9N3O. The Morgan fingerprint density at radius 3 is 2.50 bits per heavy atom. The first kappa shape index (κ1) is 10.2. The first-order valence-corrected chi connectivity index (χ1v) is 3.24. The molecule has 0 atom stereocenters. The van der Waals surface area contributed by atoms with Gasteiger partial charge in [0.15, 0.2) is 5.78 Å². The lowest BCUT2D eigenvalue weighted by molar-refractivity contribution is -0.113. The summed E-state index contributed by atoms with van der Waals surface area (Å²) in [6.07, 6.45) is 1.30. The van der Waals surface area contributed by atoms with Gasteiger partial charge in [0.1, 0.15) is 6.07 Å². The van der Waals surface area contributed by atoms with Gasteiger partial charge in [-0.25, -0.2) is 9.98 Å². The number of ketones is 1. The third-order valence-corrected chi connectivity index (χ3v) is 1.19. The topological polar surface area (TPSA) is 65.6 Å². The monoisotopic (exact) mass is 163 g/mol. The molecule has 0 saturated carbocycles. The van der Waals surface area contributed by atoms with Crippen LogP contribution in [0.4, 0.5) is 0 Å². The van der Waals surface area contributed by atoms with Crippen molar-refractivity contribution < 1.29 is 4.79 Å². The SMILES string of the molecule is C=N/C(C#N)=N\C=C(/C)C(C)=O. The van der Waals surface area contributed by atoms with Crippen LogP contribution in [0, 0.1) is 11.3 Å². The van der Waals surface area contributed by atoms with Gasteiger partial charge in [0, 0.05) is 11.8 Å². The fraction of sp³-hybridized carbons (Fsp3) is 0.250. The summed E-state index contributed by atoms with van der Waals surface area (Å²) in [7, 11) is 0. The Kier molecular flexibility index (Phi) is 4.24. The zero-order chi connectivity index (χ0) is 9.56. The van der Waals surface area contributed by atoms with Crippen molar-refractivity contribution in [2.45, 2.75) is 13.8 Å². The second-order valence-corrected chi connectivity index (χ2v) is 2.09. The fourth-order valence-electron chi connectivity index (χ4n) is 0.354. The van der Waals surface area contributed by atoms with E-state index >= 15 is 0 Å². The normalized spacial score (nSPS) is 12.1. The van der Waals surface area contributed by atoms with E-state index in [2.05, 4.69) is 16.7 Å². The Bertz CT molecular complexity index is 294. The van der Waals surface area contributed by atoms with Crippen LogP contribution >= 0.6 is 0 Å². The lowest BCUT2D eigenvalue weighted by Gasteiger charge is -1.88. The molecule has 0 aliphatic heterocycles. The molecule has 0 aromatic rings. The van der Waals surface area contributed by atoms with Crippen LogP contribution < -0.4 is 0 Å². The molecule has 0 aromatic heterocycles. The van der Waals surface area contributed by atoms with E-state index in [0.29, 0.717) is 5.57 Å². The van der Waals surface area contributed by atoms with E-state index in [1.54, 1.807) is 13.0 Å². The highest BCUT2D eigenvalue weighted by Gasteiger charge is 1.94. The quantitative estimate of drug-likeness (QED) is 0.347. The van der Waals surface area contributed by atoms with Crippen molar-refractivity contribution in [1.82, 2.24) is 0 Å². The summed E-state index contributed by atoms with van der Waals surface area (Å²) < 4.78 is 0. The van der Waals surface area contributed by atoms with Crippen molar-refractivity contribution in [3.8, 4) is 6.07 Å². The van der Waals surface area contributed by atoms with Crippen molar-refractivity contribution in [2.24, 2.45) is 9.98 Å². The molecule has 0 aliphatic rings. The summed E-state index contributed by atoms with van der Waals surface area (Å²) >= 11 is 0. The number of carbonyl (C=O) groups excluding carboxylic acids is 1. The van der Waals surface area contributed by atoms with Crippen molar-refractivity contribution in [1.29, 1.82) is 5.26 Å². The molecule has 0 unspecified atom stereocenters. The first-order valence-electron chi connectivity index (χ1n) is 3.24. The van der Waals surface area contributed by atoms with Crippen LogP contribution in [0.15, 0.2) is 21.8 Å². The molecule has 0 heterocycles. The molecular weight excluding hydrogens is 154 g/mol. The molecule has 0 N–H and O–H groups in total. The minimum absolute atomic E-state index is 0.0457. The molecule has 4 heteroatoms. The zero-order valence-electron chi connectivity index (χ0n) is 7.03.